The topological polar surface area (TPSA) is 26.9 Å². The number of halogens is 1. The maximum atomic E-state index is 11.6. The van der Waals surface area contributed by atoms with Gasteiger partial charge in [-0.05, 0) is 28.1 Å². The van der Waals surface area contributed by atoms with E-state index in [1.54, 1.807) is 23.2 Å². The van der Waals surface area contributed by atoms with E-state index in [1.807, 2.05) is 12.1 Å². The zero-order valence-electron chi connectivity index (χ0n) is 7.78. The average molecular weight is 273 g/mol. The van der Waals surface area contributed by atoms with Gasteiger partial charge in [-0.3, -0.25) is 9.13 Å². The molecule has 0 unspecified atom stereocenters. The van der Waals surface area contributed by atoms with Gasteiger partial charge in [0.1, 0.15) is 0 Å². The smallest absolute Gasteiger partial charge is 0.295 e. The fraction of sp³-hybridized carbons (Fsp3) is 0.222. The Morgan fingerprint density at radius 3 is 2.29 bits per heavy atom. The highest BCUT2D eigenvalue weighted by molar-refractivity contribution is 9.10. The van der Waals surface area contributed by atoms with E-state index in [0.29, 0.717) is 0 Å². The lowest BCUT2D eigenvalue weighted by atomic mass is 10.3. The van der Waals surface area contributed by atoms with Gasteiger partial charge in [-0.25, -0.2) is 4.79 Å². The van der Waals surface area contributed by atoms with Crippen LogP contribution in [0.4, 0.5) is 0 Å². The molecular weight excluding hydrogens is 264 g/mol. The van der Waals surface area contributed by atoms with E-state index in [1.165, 1.54) is 0 Å². The van der Waals surface area contributed by atoms with Gasteiger partial charge in [-0.1, -0.05) is 0 Å². The van der Waals surface area contributed by atoms with Crippen LogP contribution in [-0.2, 0) is 14.1 Å². The summed E-state index contributed by atoms with van der Waals surface area (Å²) in [6.45, 7) is 0. The molecule has 0 spiro atoms. The minimum absolute atomic E-state index is 0.0224. The molecule has 3 nitrogen and oxygen atoms in total. The Labute approximate surface area is 94.9 Å². The number of hydrogen-bond acceptors (Lipinski definition) is 2. The summed E-state index contributed by atoms with van der Waals surface area (Å²) in [5, 5.41) is 0. The second kappa shape index (κ2) is 3.17. The number of imidazole rings is 1. The number of aromatic nitrogens is 2. The Morgan fingerprint density at radius 1 is 1.21 bits per heavy atom. The van der Waals surface area contributed by atoms with Crippen LogP contribution in [0, 0.1) is 0 Å². The zero-order chi connectivity index (χ0) is 10.5. The molecule has 0 radical (unpaired) electrons. The molecule has 0 saturated heterocycles. The molecule has 1 aromatic heterocycles. The normalized spacial score (nSPS) is 11.1. The summed E-state index contributed by atoms with van der Waals surface area (Å²) >= 11 is 7.68. The van der Waals surface area contributed by atoms with Crippen molar-refractivity contribution in [3.8, 4) is 0 Å². The first-order valence-corrected chi connectivity index (χ1v) is 5.30. The van der Waals surface area contributed by atoms with Crippen molar-refractivity contribution < 1.29 is 0 Å². The summed E-state index contributed by atoms with van der Waals surface area (Å²) < 4.78 is 4.13. The van der Waals surface area contributed by atoms with Gasteiger partial charge in [-0.15, -0.1) is 12.6 Å². The Balaban J connectivity index is 3.04. The van der Waals surface area contributed by atoms with Crippen LogP contribution in [0.25, 0.3) is 11.0 Å². The van der Waals surface area contributed by atoms with E-state index in [2.05, 4.69) is 28.6 Å². The predicted octanol–water partition coefficient (Wildman–Crippen LogP) is 1.93. The summed E-state index contributed by atoms with van der Waals surface area (Å²) in [5.74, 6) is 0. The van der Waals surface area contributed by atoms with Crippen molar-refractivity contribution >= 4 is 39.6 Å². The van der Waals surface area contributed by atoms with Gasteiger partial charge in [0.05, 0.1) is 11.0 Å². The number of fused-ring (bicyclic) bond motifs is 1. The molecule has 0 aliphatic rings. The van der Waals surface area contributed by atoms with Gasteiger partial charge in [0, 0.05) is 23.5 Å². The highest BCUT2D eigenvalue weighted by atomic mass is 79.9. The predicted molar refractivity (Wildman–Crippen MR) is 63.1 cm³/mol. The second-order valence-electron chi connectivity index (χ2n) is 3.19. The summed E-state index contributed by atoms with van der Waals surface area (Å²) in [7, 11) is 3.51. The van der Waals surface area contributed by atoms with Crippen LogP contribution < -0.4 is 5.69 Å². The van der Waals surface area contributed by atoms with E-state index < -0.39 is 0 Å². The Hall–Kier alpha value is -0.680. The molecule has 0 amide bonds. The first-order chi connectivity index (χ1) is 6.52. The number of benzene rings is 1. The van der Waals surface area contributed by atoms with Gasteiger partial charge in [0.15, 0.2) is 0 Å². The number of thiol groups is 1. The molecule has 1 heterocycles. The standard InChI is InChI=1S/C9H9BrN2OS/c1-11-6-3-5(10)8(14)4-7(6)12(2)9(11)13/h3-4,14H,1-2H3. The second-order valence-corrected chi connectivity index (χ2v) is 4.53. The largest absolute Gasteiger partial charge is 0.328 e. The highest BCUT2D eigenvalue weighted by Crippen LogP contribution is 2.25. The maximum Gasteiger partial charge on any atom is 0.328 e. The monoisotopic (exact) mass is 272 g/mol. The van der Waals surface area contributed by atoms with Gasteiger partial charge in [0.2, 0.25) is 0 Å². The van der Waals surface area contributed by atoms with Crippen molar-refractivity contribution in [3.63, 3.8) is 0 Å². The molecule has 14 heavy (non-hydrogen) atoms. The molecular formula is C9H9BrN2OS. The van der Waals surface area contributed by atoms with Crippen LogP contribution in [0.5, 0.6) is 0 Å². The van der Waals surface area contributed by atoms with Gasteiger partial charge >= 0.3 is 5.69 Å². The Bertz CT molecular complexity index is 522. The SMILES string of the molecule is Cn1c(=O)n(C)c2cc(Br)c(S)cc21. The maximum absolute atomic E-state index is 11.6. The fourth-order valence-corrected chi connectivity index (χ4v) is 2.03. The molecule has 0 saturated carbocycles. The van der Waals surface area contributed by atoms with Crippen molar-refractivity contribution in [1.82, 2.24) is 9.13 Å². The lowest BCUT2D eigenvalue weighted by Gasteiger charge is -1.99. The minimum atomic E-state index is -0.0224. The average Bonchev–Trinajstić information content (AvgIpc) is 2.34. The summed E-state index contributed by atoms with van der Waals surface area (Å²) in [4.78, 5) is 12.4. The molecule has 0 bridgehead atoms. The van der Waals surface area contributed by atoms with Crippen LogP contribution in [0.15, 0.2) is 26.3 Å². The van der Waals surface area contributed by atoms with Crippen molar-refractivity contribution in [2.24, 2.45) is 14.1 Å². The third-order valence-electron chi connectivity index (χ3n) is 2.34. The molecule has 0 atom stereocenters. The molecule has 0 aliphatic carbocycles. The third-order valence-corrected chi connectivity index (χ3v) is 3.67. The summed E-state index contributed by atoms with van der Waals surface area (Å²) in [6, 6.07) is 3.78. The highest BCUT2D eigenvalue weighted by Gasteiger charge is 2.09. The third kappa shape index (κ3) is 1.23. The molecule has 2 aromatic rings. The van der Waals surface area contributed by atoms with Crippen molar-refractivity contribution in [2.75, 3.05) is 0 Å². The summed E-state index contributed by atoms with van der Waals surface area (Å²) in [6.07, 6.45) is 0. The summed E-state index contributed by atoms with van der Waals surface area (Å²) in [5.41, 5.74) is 1.78. The van der Waals surface area contributed by atoms with Crippen LogP contribution >= 0.6 is 28.6 Å². The van der Waals surface area contributed by atoms with E-state index in [-0.39, 0.29) is 5.69 Å². The quantitative estimate of drug-likeness (QED) is 0.729. The van der Waals surface area contributed by atoms with Crippen molar-refractivity contribution in [3.05, 3.63) is 27.1 Å². The number of hydrogen-bond donors (Lipinski definition) is 1. The van der Waals surface area contributed by atoms with Gasteiger partial charge < -0.3 is 0 Å². The Morgan fingerprint density at radius 2 is 1.71 bits per heavy atom. The van der Waals surface area contributed by atoms with Crippen LogP contribution in [0.2, 0.25) is 0 Å². The molecule has 0 aliphatic heterocycles. The van der Waals surface area contributed by atoms with Crippen LogP contribution in [-0.4, -0.2) is 9.13 Å². The first kappa shape index (κ1) is 9.86. The molecule has 1 aromatic carbocycles. The fourth-order valence-electron chi connectivity index (χ4n) is 1.51. The molecule has 2 rings (SSSR count). The van der Waals surface area contributed by atoms with E-state index in [9.17, 15) is 4.79 Å². The van der Waals surface area contributed by atoms with Crippen LogP contribution in [0.1, 0.15) is 0 Å². The van der Waals surface area contributed by atoms with Gasteiger partial charge in [0.25, 0.3) is 0 Å². The lowest BCUT2D eigenvalue weighted by molar-refractivity contribution is 0.795. The number of nitrogens with zero attached hydrogens (tertiary/aromatic N) is 2. The molecule has 0 fully saturated rings. The van der Waals surface area contributed by atoms with E-state index in [0.717, 1.165) is 20.4 Å². The van der Waals surface area contributed by atoms with Crippen molar-refractivity contribution in [2.45, 2.75) is 4.90 Å². The van der Waals surface area contributed by atoms with E-state index in [4.69, 9.17) is 0 Å². The zero-order valence-corrected chi connectivity index (χ0v) is 10.3. The van der Waals surface area contributed by atoms with Crippen LogP contribution in [0.3, 0.4) is 0 Å². The molecule has 5 heteroatoms. The van der Waals surface area contributed by atoms with Gasteiger partial charge in [-0.2, -0.15) is 0 Å². The van der Waals surface area contributed by atoms with E-state index >= 15 is 0 Å². The Kier molecular flexibility index (Phi) is 2.23. The van der Waals surface area contributed by atoms with Crippen molar-refractivity contribution in [1.29, 1.82) is 0 Å². The minimum Gasteiger partial charge on any atom is -0.295 e. The lowest BCUT2D eigenvalue weighted by Crippen LogP contribution is -2.19. The number of aryl methyl sites for hydroxylation is 2. The first-order valence-electron chi connectivity index (χ1n) is 4.06. The number of rotatable bonds is 0. The molecule has 0 N–H and O–H groups in total. The molecule has 74 valence electrons.